The Balaban J connectivity index is 2.62. The van der Waals surface area contributed by atoms with Gasteiger partial charge in [-0.15, -0.1) is 0 Å². The van der Waals surface area contributed by atoms with Crippen LogP contribution in [0.1, 0.15) is 19.8 Å². The molecule has 0 spiro atoms. The van der Waals surface area contributed by atoms with Gasteiger partial charge in [-0.25, -0.2) is 8.78 Å². The minimum absolute atomic E-state index is 0.103. The molecule has 16 heavy (non-hydrogen) atoms. The largest absolute Gasteiger partial charge is 0.327 e. The average Bonchev–Trinajstić information content (AvgIpc) is 2.15. The molecule has 3 nitrogen and oxygen atoms in total. The third kappa shape index (κ3) is 3.94. The molecule has 1 aromatic rings. The molecule has 1 rings (SSSR count). The van der Waals surface area contributed by atoms with Gasteiger partial charge in [-0.05, 0) is 18.6 Å². The van der Waals surface area contributed by atoms with E-state index >= 15 is 0 Å². The van der Waals surface area contributed by atoms with Gasteiger partial charge >= 0.3 is 0 Å². The summed E-state index contributed by atoms with van der Waals surface area (Å²) in [6.45, 7) is 1.86. The van der Waals surface area contributed by atoms with Crippen molar-refractivity contribution < 1.29 is 13.6 Å². The number of nitrogens with two attached hydrogens (primary N) is 1. The van der Waals surface area contributed by atoms with Crippen LogP contribution in [0.3, 0.4) is 0 Å². The van der Waals surface area contributed by atoms with E-state index in [0.717, 1.165) is 18.2 Å². The Morgan fingerprint density at radius 2 is 1.94 bits per heavy atom. The van der Waals surface area contributed by atoms with Gasteiger partial charge in [0.05, 0.1) is 0 Å². The van der Waals surface area contributed by atoms with Crippen LogP contribution in [0.4, 0.5) is 14.5 Å². The first-order chi connectivity index (χ1) is 7.51. The van der Waals surface area contributed by atoms with E-state index in [1.54, 1.807) is 0 Å². The van der Waals surface area contributed by atoms with Crippen molar-refractivity contribution in [3.63, 3.8) is 0 Å². The molecule has 1 amide bonds. The van der Waals surface area contributed by atoms with Crippen LogP contribution in [0.5, 0.6) is 0 Å². The van der Waals surface area contributed by atoms with Gasteiger partial charge in [0, 0.05) is 24.2 Å². The molecular weight excluding hydrogens is 214 g/mol. The molecule has 3 N–H and O–H groups in total. The second-order valence-electron chi connectivity index (χ2n) is 3.58. The maximum atomic E-state index is 12.8. The summed E-state index contributed by atoms with van der Waals surface area (Å²) in [4.78, 5) is 11.4. The molecule has 0 aliphatic carbocycles. The van der Waals surface area contributed by atoms with E-state index in [2.05, 4.69) is 5.32 Å². The molecule has 0 aromatic heterocycles. The molecule has 1 unspecified atom stereocenters. The van der Waals surface area contributed by atoms with E-state index in [-0.39, 0.29) is 24.1 Å². The van der Waals surface area contributed by atoms with Gasteiger partial charge in [-0.1, -0.05) is 6.92 Å². The van der Waals surface area contributed by atoms with Crippen molar-refractivity contribution in [3.8, 4) is 0 Å². The molecule has 88 valence electrons. The van der Waals surface area contributed by atoms with Crippen molar-refractivity contribution >= 4 is 11.6 Å². The van der Waals surface area contributed by atoms with Crippen LogP contribution >= 0.6 is 0 Å². The van der Waals surface area contributed by atoms with Crippen LogP contribution in [0, 0.1) is 11.6 Å². The van der Waals surface area contributed by atoms with E-state index in [1.807, 2.05) is 6.92 Å². The summed E-state index contributed by atoms with van der Waals surface area (Å²) in [7, 11) is 0. The molecule has 5 heteroatoms. The fourth-order valence-electron chi connectivity index (χ4n) is 1.22. The van der Waals surface area contributed by atoms with Crippen LogP contribution in [-0.4, -0.2) is 11.9 Å². The molecule has 0 saturated heterocycles. The third-order valence-electron chi connectivity index (χ3n) is 2.12. The topological polar surface area (TPSA) is 55.1 Å². The van der Waals surface area contributed by atoms with Crippen molar-refractivity contribution in [1.82, 2.24) is 0 Å². The zero-order valence-corrected chi connectivity index (χ0v) is 8.97. The molecule has 0 aliphatic rings. The van der Waals surface area contributed by atoms with Crippen molar-refractivity contribution in [1.29, 1.82) is 0 Å². The number of carbonyl (C=O) groups is 1. The smallest absolute Gasteiger partial charge is 0.225 e. The van der Waals surface area contributed by atoms with Crippen molar-refractivity contribution in [3.05, 3.63) is 29.8 Å². The number of rotatable bonds is 4. The van der Waals surface area contributed by atoms with Gasteiger partial charge in [0.15, 0.2) is 0 Å². The predicted octanol–water partition coefficient (Wildman–Crippen LogP) is 2.03. The average molecular weight is 228 g/mol. The minimum atomic E-state index is -0.727. The Morgan fingerprint density at radius 3 is 2.44 bits per heavy atom. The Kier molecular flexibility index (Phi) is 4.37. The fourth-order valence-corrected chi connectivity index (χ4v) is 1.22. The monoisotopic (exact) mass is 228 g/mol. The lowest BCUT2D eigenvalue weighted by atomic mass is 10.1. The molecule has 0 heterocycles. The van der Waals surface area contributed by atoms with Crippen LogP contribution < -0.4 is 11.1 Å². The van der Waals surface area contributed by atoms with E-state index in [1.165, 1.54) is 0 Å². The summed E-state index contributed by atoms with van der Waals surface area (Å²) in [5, 5.41) is 2.39. The molecule has 0 bridgehead atoms. The van der Waals surface area contributed by atoms with E-state index in [4.69, 9.17) is 5.73 Å². The normalized spacial score (nSPS) is 12.2. The van der Waals surface area contributed by atoms with Crippen molar-refractivity contribution in [2.45, 2.75) is 25.8 Å². The molecule has 0 fully saturated rings. The fraction of sp³-hybridized carbons (Fsp3) is 0.364. The zero-order chi connectivity index (χ0) is 12.1. The SMILES string of the molecule is CCC(N)CC(=O)Nc1cc(F)cc(F)c1. The number of halogens is 2. The van der Waals surface area contributed by atoms with Gasteiger partial charge in [0.25, 0.3) is 0 Å². The van der Waals surface area contributed by atoms with E-state index in [0.29, 0.717) is 6.42 Å². The summed E-state index contributed by atoms with van der Waals surface area (Å²) in [6, 6.07) is 2.61. The van der Waals surface area contributed by atoms with Gasteiger partial charge in [-0.3, -0.25) is 4.79 Å². The van der Waals surface area contributed by atoms with Gasteiger partial charge < -0.3 is 11.1 Å². The molecule has 0 saturated carbocycles. The number of anilines is 1. The first kappa shape index (κ1) is 12.6. The highest BCUT2D eigenvalue weighted by molar-refractivity contribution is 5.91. The Bertz CT molecular complexity index is 362. The maximum absolute atomic E-state index is 12.8. The van der Waals surface area contributed by atoms with E-state index in [9.17, 15) is 13.6 Å². The highest BCUT2D eigenvalue weighted by Crippen LogP contribution is 2.13. The third-order valence-corrected chi connectivity index (χ3v) is 2.12. The lowest BCUT2D eigenvalue weighted by molar-refractivity contribution is -0.116. The van der Waals surface area contributed by atoms with Crippen molar-refractivity contribution in [2.24, 2.45) is 5.73 Å². The number of hydrogen-bond donors (Lipinski definition) is 2. The van der Waals surface area contributed by atoms with E-state index < -0.39 is 11.6 Å². The predicted molar refractivity (Wildman–Crippen MR) is 57.9 cm³/mol. The van der Waals surface area contributed by atoms with Crippen LogP contribution in [0.2, 0.25) is 0 Å². The minimum Gasteiger partial charge on any atom is -0.327 e. The molecule has 0 aliphatic heterocycles. The van der Waals surface area contributed by atoms with Crippen LogP contribution in [0.15, 0.2) is 18.2 Å². The number of carbonyl (C=O) groups excluding carboxylic acids is 1. The lowest BCUT2D eigenvalue weighted by Gasteiger charge is -2.09. The zero-order valence-electron chi connectivity index (χ0n) is 8.97. The molecule has 0 radical (unpaired) electrons. The number of hydrogen-bond acceptors (Lipinski definition) is 2. The molecule has 1 aromatic carbocycles. The second-order valence-corrected chi connectivity index (χ2v) is 3.58. The summed E-state index contributed by atoms with van der Waals surface area (Å²) in [5.74, 6) is -1.80. The Hall–Kier alpha value is -1.49. The van der Waals surface area contributed by atoms with Gasteiger partial charge in [0.2, 0.25) is 5.91 Å². The summed E-state index contributed by atoms with van der Waals surface area (Å²) < 4.78 is 25.6. The maximum Gasteiger partial charge on any atom is 0.225 e. The highest BCUT2D eigenvalue weighted by atomic mass is 19.1. The van der Waals surface area contributed by atoms with Crippen LogP contribution in [0.25, 0.3) is 0 Å². The van der Waals surface area contributed by atoms with Crippen LogP contribution in [-0.2, 0) is 4.79 Å². The second kappa shape index (κ2) is 5.55. The van der Waals surface area contributed by atoms with Crippen molar-refractivity contribution in [2.75, 3.05) is 5.32 Å². The standard InChI is InChI=1S/C11H14F2N2O/c1-2-9(14)6-11(16)15-10-4-7(12)3-8(13)5-10/h3-5,9H,2,6,14H2,1H3,(H,15,16). The summed E-state index contributed by atoms with van der Waals surface area (Å²) in [5.41, 5.74) is 5.68. The summed E-state index contributed by atoms with van der Waals surface area (Å²) >= 11 is 0. The summed E-state index contributed by atoms with van der Waals surface area (Å²) in [6.07, 6.45) is 0.805. The molecular formula is C11H14F2N2O. The first-order valence-corrected chi connectivity index (χ1v) is 5.02. The quantitative estimate of drug-likeness (QED) is 0.828. The molecule has 1 atom stereocenters. The van der Waals surface area contributed by atoms with Gasteiger partial charge in [-0.2, -0.15) is 0 Å². The van der Waals surface area contributed by atoms with Gasteiger partial charge in [0.1, 0.15) is 11.6 Å². The Labute approximate surface area is 92.6 Å². The number of amides is 1. The first-order valence-electron chi connectivity index (χ1n) is 5.02. The Morgan fingerprint density at radius 1 is 1.38 bits per heavy atom. The highest BCUT2D eigenvalue weighted by Gasteiger charge is 2.09. The number of nitrogens with one attached hydrogen (secondary N) is 1. The number of benzene rings is 1. The lowest BCUT2D eigenvalue weighted by Crippen LogP contribution is -2.26.